The van der Waals surface area contributed by atoms with E-state index in [2.05, 4.69) is 26.5 Å². The van der Waals surface area contributed by atoms with Crippen molar-refractivity contribution in [3.63, 3.8) is 0 Å². The van der Waals surface area contributed by atoms with Crippen LogP contribution in [0.2, 0.25) is 0 Å². The van der Waals surface area contributed by atoms with Crippen molar-refractivity contribution in [2.45, 2.75) is 6.92 Å². The lowest BCUT2D eigenvalue weighted by atomic mass is 10.2. The molecule has 1 aliphatic rings. The minimum absolute atomic E-state index is 0.177. The number of carbonyl (C=O) groups excluding carboxylic acids is 1. The highest BCUT2D eigenvalue weighted by molar-refractivity contribution is 9.10. The Kier molecular flexibility index (Phi) is 5.96. The first kappa shape index (κ1) is 18.1. The second-order valence-corrected chi connectivity index (χ2v) is 6.04. The van der Waals surface area contributed by atoms with Gasteiger partial charge in [-0.2, -0.15) is 5.10 Å². The standard InChI is InChI=1S/C18H17BrN2O5/c1-2-23-14-5-3-4-6-15(14)24-10-18(22)21-20-9-12-7-16-17(8-13(12)19)26-11-25-16/h3-9H,2,10-11H2,1H3,(H,21,22)/b20-9-. The van der Waals surface area contributed by atoms with E-state index in [4.69, 9.17) is 18.9 Å². The van der Waals surface area contributed by atoms with Gasteiger partial charge in [-0.3, -0.25) is 4.79 Å². The van der Waals surface area contributed by atoms with Gasteiger partial charge in [0.1, 0.15) is 0 Å². The fraction of sp³-hybridized carbons (Fsp3) is 0.222. The van der Waals surface area contributed by atoms with Crippen LogP contribution in [-0.4, -0.2) is 32.1 Å². The van der Waals surface area contributed by atoms with E-state index < -0.39 is 0 Å². The lowest BCUT2D eigenvalue weighted by Gasteiger charge is -2.10. The average Bonchev–Trinajstić information content (AvgIpc) is 3.08. The van der Waals surface area contributed by atoms with Gasteiger partial charge in [-0.1, -0.05) is 12.1 Å². The molecule has 26 heavy (non-hydrogen) atoms. The molecule has 0 bridgehead atoms. The van der Waals surface area contributed by atoms with Crippen molar-refractivity contribution in [2.24, 2.45) is 5.10 Å². The maximum atomic E-state index is 11.9. The number of amides is 1. The first-order chi connectivity index (χ1) is 12.7. The molecule has 2 aromatic carbocycles. The molecule has 1 amide bonds. The quantitative estimate of drug-likeness (QED) is 0.549. The Morgan fingerprint density at radius 1 is 1.23 bits per heavy atom. The first-order valence-electron chi connectivity index (χ1n) is 7.93. The van der Waals surface area contributed by atoms with Gasteiger partial charge in [0.05, 0.1) is 12.8 Å². The van der Waals surface area contributed by atoms with Crippen molar-refractivity contribution in [3.05, 3.63) is 46.4 Å². The molecule has 1 heterocycles. The van der Waals surface area contributed by atoms with Crippen LogP contribution in [0.1, 0.15) is 12.5 Å². The molecule has 7 nitrogen and oxygen atoms in total. The summed E-state index contributed by atoms with van der Waals surface area (Å²) in [5, 5.41) is 3.94. The second kappa shape index (κ2) is 8.57. The number of hydrogen-bond acceptors (Lipinski definition) is 6. The molecule has 0 fully saturated rings. The fourth-order valence-electron chi connectivity index (χ4n) is 2.23. The van der Waals surface area contributed by atoms with E-state index in [0.29, 0.717) is 29.6 Å². The Balaban J connectivity index is 1.54. The molecule has 1 aliphatic heterocycles. The molecule has 8 heteroatoms. The zero-order valence-electron chi connectivity index (χ0n) is 14.0. The summed E-state index contributed by atoms with van der Waals surface area (Å²) in [6, 6.07) is 10.7. The van der Waals surface area contributed by atoms with Crippen molar-refractivity contribution in [1.29, 1.82) is 0 Å². The molecule has 3 rings (SSSR count). The van der Waals surface area contributed by atoms with Gasteiger partial charge in [0.15, 0.2) is 29.6 Å². The van der Waals surface area contributed by atoms with E-state index in [-0.39, 0.29) is 19.3 Å². The maximum absolute atomic E-state index is 11.9. The number of fused-ring (bicyclic) bond motifs is 1. The highest BCUT2D eigenvalue weighted by atomic mass is 79.9. The SMILES string of the molecule is CCOc1ccccc1OCC(=O)N/N=C\c1cc2c(cc1Br)OCO2. The Hall–Kier alpha value is -2.74. The Morgan fingerprint density at radius 2 is 1.92 bits per heavy atom. The summed E-state index contributed by atoms with van der Waals surface area (Å²) in [5.74, 6) is 2.02. The van der Waals surface area contributed by atoms with E-state index in [1.807, 2.05) is 19.1 Å². The smallest absolute Gasteiger partial charge is 0.277 e. The Labute approximate surface area is 159 Å². The fourth-order valence-corrected chi connectivity index (χ4v) is 2.65. The highest BCUT2D eigenvalue weighted by Gasteiger charge is 2.15. The molecular formula is C18H17BrN2O5. The number of hydrazone groups is 1. The van der Waals surface area contributed by atoms with Gasteiger partial charge < -0.3 is 18.9 Å². The molecule has 0 radical (unpaired) electrons. The molecule has 2 aromatic rings. The predicted octanol–water partition coefficient (Wildman–Crippen LogP) is 3.11. The van der Waals surface area contributed by atoms with E-state index in [1.165, 1.54) is 6.21 Å². The average molecular weight is 421 g/mol. The molecule has 0 unspecified atom stereocenters. The van der Waals surface area contributed by atoms with Gasteiger partial charge in [0.2, 0.25) is 6.79 Å². The van der Waals surface area contributed by atoms with Crippen LogP contribution in [0, 0.1) is 0 Å². The van der Waals surface area contributed by atoms with Crippen LogP contribution in [0.5, 0.6) is 23.0 Å². The van der Waals surface area contributed by atoms with Crippen LogP contribution in [-0.2, 0) is 4.79 Å². The number of nitrogens with zero attached hydrogens (tertiary/aromatic N) is 1. The maximum Gasteiger partial charge on any atom is 0.277 e. The van der Waals surface area contributed by atoms with Gasteiger partial charge in [-0.25, -0.2) is 5.43 Å². The lowest BCUT2D eigenvalue weighted by Crippen LogP contribution is -2.24. The van der Waals surface area contributed by atoms with Gasteiger partial charge >= 0.3 is 0 Å². The molecule has 0 spiro atoms. The summed E-state index contributed by atoms with van der Waals surface area (Å²) in [6.45, 7) is 2.41. The summed E-state index contributed by atoms with van der Waals surface area (Å²) >= 11 is 3.42. The largest absolute Gasteiger partial charge is 0.490 e. The minimum Gasteiger partial charge on any atom is -0.490 e. The first-order valence-corrected chi connectivity index (χ1v) is 8.72. The van der Waals surface area contributed by atoms with Gasteiger partial charge in [0, 0.05) is 10.0 Å². The topological polar surface area (TPSA) is 78.4 Å². The van der Waals surface area contributed by atoms with Crippen LogP contribution in [0.3, 0.4) is 0 Å². The van der Waals surface area contributed by atoms with E-state index in [1.54, 1.807) is 24.3 Å². The van der Waals surface area contributed by atoms with Crippen molar-refractivity contribution in [3.8, 4) is 23.0 Å². The molecule has 0 saturated carbocycles. The monoisotopic (exact) mass is 420 g/mol. The van der Waals surface area contributed by atoms with Crippen LogP contribution >= 0.6 is 15.9 Å². The molecule has 0 aromatic heterocycles. The third kappa shape index (κ3) is 4.45. The zero-order chi connectivity index (χ0) is 18.4. The van der Waals surface area contributed by atoms with Crippen molar-refractivity contribution < 1.29 is 23.7 Å². The molecule has 1 N–H and O–H groups in total. The number of hydrogen-bond donors (Lipinski definition) is 1. The van der Waals surface area contributed by atoms with Crippen molar-refractivity contribution >= 4 is 28.1 Å². The molecule has 136 valence electrons. The number of benzene rings is 2. The summed E-state index contributed by atoms with van der Waals surface area (Å²) < 4.78 is 22.3. The predicted molar refractivity (Wildman–Crippen MR) is 99.1 cm³/mol. The number of nitrogens with one attached hydrogen (secondary N) is 1. The van der Waals surface area contributed by atoms with E-state index in [0.717, 1.165) is 10.0 Å². The number of ether oxygens (including phenoxy) is 4. The van der Waals surface area contributed by atoms with E-state index in [9.17, 15) is 4.79 Å². The van der Waals surface area contributed by atoms with Crippen molar-refractivity contribution in [1.82, 2.24) is 5.43 Å². The molecule has 0 aliphatic carbocycles. The third-order valence-electron chi connectivity index (χ3n) is 3.39. The summed E-state index contributed by atoms with van der Waals surface area (Å²) in [4.78, 5) is 11.9. The third-order valence-corrected chi connectivity index (χ3v) is 4.08. The second-order valence-electron chi connectivity index (χ2n) is 5.19. The summed E-state index contributed by atoms with van der Waals surface area (Å²) in [5.41, 5.74) is 3.17. The molecular weight excluding hydrogens is 404 g/mol. The van der Waals surface area contributed by atoms with Gasteiger partial charge in [-0.15, -0.1) is 0 Å². The van der Waals surface area contributed by atoms with Crippen LogP contribution in [0.4, 0.5) is 0 Å². The zero-order valence-corrected chi connectivity index (χ0v) is 15.6. The summed E-state index contributed by atoms with van der Waals surface area (Å²) in [6.07, 6.45) is 1.51. The minimum atomic E-state index is -0.385. The number of rotatable bonds is 7. The van der Waals surface area contributed by atoms with Crippen molar-refractivity contribution in [2.75, 3.05) is 20.0 Å². The van der Waals surface area contributed by atoms with Crippen LogP contribution in [0.25, 0.3) is 0 Å². The lowest BCUT2D eigenvalue weighted by molar-refractivity contribution is -0.123. The number of para-hydroxylation sites is 2. The van der Waals surface area contributed by atoms with Gasteiger partial charge in [0.25, 0.3) is 5.91 Å². The highest BCUT2D eigenvalue weighted by Crippen LogP contribution is 2.36. The molecule has 0 saturated heterocycles. The number of carbonyl (C=O) groups is 1. The van der Waals surface area contributed by atoms with Crippen LogP contribution in [0.15, 0.2) is 46.0 Å². The molecule has 0 atom stereocenters. The summed E-state index contributed by atoms with van der Waals surface area (Å²) in [7, 11) is 0. The van der Waals surface area contributed by atoms with Gasteiger partial charge in [-0.05, 0) is 47.1 Å². The Morgan fingerprint density at radius 3 is 2.65 bits per heavy atom. The van der Waals surface area contributed by atoms with Crippen LogP contribution < -0.4 is 24.4 Å². The Bertz CT molecular complexity index is 825. The normalized spacial score (nSPS) is 12.2. The van der Waals surface area contributed by atoms with E-state index >= 15 is 0 Å². The number of halogens is 1.